The highest BCUT2D eigenvalue weighted by Crippen LogP contribution is 2.17. The number of amidine groups is 1. The molecule has 3 N–H and O–H groups in total. The van der Waals surface area contributed by atoms with Crippen LogP contribution in [0.3, 0.4) is 0 Å². The minimum atomic E-state index is 0.619. The van der Waals surface area contributed by atoms with E-state index in [1.54, 1.807) is 14.0 Å². The summed E-state index contributed by atoms with van der Waals surface area (Å²) in [6.07, 6.45) is 6.62. The third-order valence-corrected chi connectivity index (χ3v) is 3.55. The SMILES string of the molecule is CCC/C=C(\C=C(/C)C=O)C(N)=C(C)C(=NC)Nc1ccccc1. The van der Waals surface area contributed by atoms with Gasteiger partial charge in [-0.05, 0) is 49.6 Å². The molecule has 0 saturated carbocycles. The van der Waals surface area contributed by atoms with Crippen molar-refractivity contribution in [3.05, 3.63) is 64.9 Å². The number of rotatable bonds is 7. The number of nitrogens with two attached hydrogens (primary N) is 1. The lowest BCUT2D eigenvalue weighted by Gasteiger charge is -2.14. The van der Waals surface area contributed by atoms with E-state index in [9.17, 15) is 4.79 Å². The lowest BCUT2D eigenvalue weighted by molar-refractivity contribution is -0.104. The maximum absolute atomic E-state index is 10.9. The van der Waals surface area contributed by atoms with Gasteiger partial charge in [-0.2, -0.15) is 0 Å². The Morgan fingerprint density at radius 3 is 2.46 bits per heavy atom. The van der Waals surface area contributed by atoms with Gasteiger partial charge in [-0.25, -0.2) is 0 Å². The second-order valence-corrected chi connectivity index (χ2v) is 5.56. The van der Waals surface area contributed by atoms with Gasteiger partial charge in [0, 0.05) is 24.0 Å². The number of carbonyl (C=O) groups is 1. The fraction of sp³-hybridized carbons (Fsp3) is 0.300. The fourth-order valence-electron chi connectivity index (χ4n) is 2.15. The Morgan fingerprint density at radius 2 is 1.92 bits per heavy atom. The van der Waals surface area contributed by atoms with E-state index in [-0.39, 0.29) is 0 Å². The van der Waals surface area contributed by atoms with Gasteiger partial charge in [-0.15, -0.1) is 0 Å². The topological polar surface area (TPSA) is 67.5 Å². The predicted octanol–water partition coefficient (Wildman–Crippen LogP) is 4.23. The Kier molecular flexibility index (Phi) is 8.26. The van der Waals surface area contributed by atoms with Crippen LogP contribution in [0.5, 0.6) is 0 Å². The second-order valence-electron chi connectivity index (χ2n) is 5.56. The monoisotopic (exact) mass is 325 g/mol. The van der Waals surface area contributed by atoms with Crippen LogP contribution in [0.4, 0.5) is 5.69 Å². The van der Waals surface area contributed by atoms with Gasteiger partial charge in [-0.3, -0.25) is 9.79 Å². The van der Waals surface area contributed by atoms with Crippen LogP contribution in [0.2, 0.25) is 0 Å². The Hall–Kier alpha value is -2.62. The van der Waals surface area contributed by atoms with Crippen LogP contribution in [-0.4, -0.2) is 19.2 Å². The van der Waals surface area contributed by atoms with E-state index in [0.717, 1.165) is 36.0 Å². The van der Waals surface area contributed by atoms with Crippen LogP contribution in [-0.2, 0) is 4.79 Å². The molecule has 0 radical (unpaired) electrons. The van der Waals surface area contributed by atoms with Crippen LogP contribution < -0.4 is 11.1 Å². The number of unbranched alkanes of at least 4 members (excludes halogenated alkanes) is 1. The van der Waals surface area contributed by atoms with E-state index in [0.29, 0.717) is 17.1 Å². The van der Waals surface area contributed by atoms with Crippen molar-refractivity contribution in [1.29, 1.82) is 0 Å². The summed E-state index contributed by atoms with van der Waals surface area (Å²) in [6.45, 7) is 5.80. The number of anilines is 1. The van der Waals surface area contributed by atoms with Gasteiger partial charge >= 0.3 is 0 Å². The van der Waals surface area contributed by atoms with Gasteiger partial charge in [0.2, 0.25) is 0 Å². The summed E-state index contributed by atoms with van der Waals surface area (Å²) in [7, 11) is 1.73. The molecule has 0 aliphatic rings. The number of aldehydes is 1. The Balaban J connectivity index is 3.19. The molecule has 0 amide bonds. The van der Waals surface area contributed by atoms with Crippen LogP contribution >= 0.6 is 0 Å². The fourth-order valence-corrected chi connectivity index (χ4v) is 2.15. The van der Waals surface area contributed by atoms with Crippen LogP contribution in [0.25, 0.3) is 0 Å². The average molecular weight is 325 g/mol. The minimum absolute atomic E-state index is 0.619. The van der Waals surface area contributed by atoms with E-state index < -0.39 is 0 Å². The number of allylic oxidation sites excluding steroid dienone is 3. The first kappa shape index (κ1) is 19.4. The number of hydrogen-bond acceptors (Lipinski definition) is 3. The number of nitrogens with one attached hydrogen (secondary N) is 1. The molecule has 4 heteroatoms. The highest BCUT2D eigenvalue weighted by Gasteiger charge is 2.09. The molecule has 0 spiro atoms. The Labute approximate surface area is 144 Å². The van der Waals surface area contributed by atoms with Gasteiger partial charge in [0.1, 0.15) is 12.1 Å². The Morgan fingerprint density at radius 1 is 1.25 bits per heavy atom. The minimum Gasteiger partial charge on any atom is -0.398 e. The second kappa shape index (κ2) is 10.2. The zero-order valence-electron chi connectivity index (χ0n) is 15.0. The molecule has 0 unspecified atom stereocenters. The molecule has 0 saturated heterocycles. The summed E-state index contributed by atoms with van der Waals surface area (Å²) in [5, 5.41) is 3.28. The Bertz CT molecular complexity index is 667. The van der Waals surface area contributed by atoms with Crippen molar-refractivity contribution in [2.24, 2.45) is 10.7 Å². The molecule has 1 rings (SSSR count). The first-order valence-corrected chi connectivity index (χ1v) is 8.13. The van der Waals surface area contributed by atoms with Gasteiger partial charge in [0.05, 0.1) is 0 Å². The van der Waals surface area contributed by atoms with E-state index in [1.807, 2.05) is 43.3 Å². The number of carbonyl (C=O) groups excluding carboxylic acids is 1. The molecule has 4 nitrogen and oxygen atoms in total. The van der Waals surface area contributed by atoms with Crippen molar-refractivity contribution in [1.82, 2.24) is 0 Å². The largest absolute Gasteiger partial charge is 0.398 e. The molecule has 1 aromatic rings. The molecule has 0 aliphatic heterocycles. The van der Waals surface area contributed by atoms with Gasteiger partial charge in [-0.1, -0.05) is 37.6 Å². The molecular formula is C20H27N3O. The summed E-state index contributed by atoms with van der Waals surface area (Å²) in [4.78, 5) is 15.3. The van der Waals surface area contributed by atoms with E-state index in [1.165, 1.54) is 0 Å². The van der Waals surface area contributed by atoms with Gasteiger partial charge in [0.25, 0.3) is 0 Å². The normalized spacial score (nSPS) is 14.2. The average Bonchev–Trinajstić information content (AvgIpc) is 2.62. The molecule has 0 atom stereocenters. The first-order valence-electron chi connectivity index (χ1n) is 8.13. The number of nitrogens with zero attached hydrogens (tertiary/aromatic N) is 1. The lowest BCUT2D eigenvalue weighted by atomic mass is 10.0. The van der Waals surface area contributed by atoms with Crippen molar-refractivity contribution in [2.75, 3.05) is 12.4 Å². The molecule has 0 heterocycles. The molecule has 1 aromatic carbocycles. The number of hydrogen-bond donors (Lipinski definition) is 2. The van der Waals surface area contributed by atoms with Crippen molar-refractivity contribution in [3.8, 4) is 0 Å². The maximum atomic E-state index is 10.9. The summed E-state index contributed by atoms with van der Waals surface area (Å²) < 4.78 is 0. The smallest absolute Gasteiger partial charge is 0.145 e. The lowest BCUT2D eigenvalue weighted by Crippen LogP contribution is -2.18. The maximum Gasteiger partial charge on any atom is 0.145 e. The molecule has 0 fully saturated rings. The molecule has 0 aliphatic carbocycles. The first-order chi connectivity index (χ1) is 11.5. The zero-order valence-corrected chi connectivity index (χ0v) is 15.0. The molecule has 128 valence electrons. The van der Waals surface area contributed by atoms with Crippen molar-refractivity contribution in [2.45, 2.75) is 33.6 Å². The third-order valence-electron chi connectivity index (χ3n) is 3.55. The highest BCUT2D eigenvalue weighted by atomic mass is 16.1. The van der Waals surface area contributed by atoms with Crippen molar-refractivity contribution in [3.63, 3.8) is 0 Å². The van der Waals surface area contributed by atoms with Crippen molar-refractivity contribution >= 4 is 17.8 Å². The van der Waals surface area contributed by atoms with Crippen LogP contribution in [0.1, 0.15) is 33.6 Å². The summed E-state index contributed by atoms with van der Waals surface area (Å²) in [5.41, 5.74) is 10.3. The van der Waals surface area contributed by atoms with Gasteiger partial charge < -0.3 is 11.1 Å². The van der Waals surface area contributed by atoms with Gasteiger partial charge in [0.15, 0.2) is 0 Å². The van der Waals surface area contributed by atoms with E-state index in [4.69, 9.17) is 5.73 Å². The summed E-state index contributed by atoms with van der Waals surface area (Å²) >= 11 is 0. The number of benzene rings is 1. The quantitative estimate of drug-likeness (QED) is 0.259. The third kappa shape index (κ3) is 5.88. The molecule has 24 heavy (non-hydrogen) atoms. The summed E-state index contributed by atoms with van der Waals surface area (Å²) in [6, 6.07) is 9.82. The van der Waals surface area contributed by atoms with Crippen molar-refractivity contribution < 1.29 is 4.79 Å². The standard InChI is InChI=1S/C20H27N3O/c1-5-6-10-17(13-15(2)14-24)19(21)16(3)20(22-4)23-18-11-8-7-9-12-18/h7-14H,5-6,21H2,1-4H3,(H,22,23)/b15-13+,17-10+,19-16?. The van der Waals surface area contributed by atoms with E-state index >= 15 is 0 Å². The predicted molar refractivity (Wildman–Crippen MR) is 103 cm³/mol. The molecular weight excluding hydrogens is 298 g/mol. The number of aliphatic imine (C=N–C) groups is 1. The van der Waals surface area contributed by atoms with E-state index in [2.05, 4.69) is 23.3 Å². The highest BCUT2D eigenvalue weighted by molar-refractivity contribution is 6.08. The molecule has 0 bridgehead atoms. The zero-order chi connectivity index (χ0) is 17.9. The number of para-hydroxylation sites is 1. The van der Waals surface area contributed by atoms with Crippen LogP contribution in [0, 0.1) is 0 Å². The summed E-state index contributed by atoms with van der Waals surface area (Å²) in [5.74, 6) is 0.707. The van der Waals surface area contributed by atoms with Crippen LogP contribution in [0.15, 0.2) is 69.9 Å². The molecule has 0 aromatic heterocycles.